The van der Waals surface area contributed by atoms with Crippen LogP contribution in [0.2, 0.25) is 0 Å². The molecule has 1 aliphatic rings. The summed E-state index contributed by atoms with van der Waals surface area (Å²) in [6, 6.07) is 4.05. The average molecular weight is 339 g/mol. The Balaban J connectivity index is 1.52. The van der Waals surface area contributed by atoms with Gasteiger partial charge in [0.25, 0.3) is 0 Å². The molecule has 4 heterocycles. The van der Waals surface area contributed by atoms with Gasteiger partial charge in [-0.05, 0) is 31.5 Å². The lowest BCUT2D eigenvalue weighted by molar-refractivity contribution is 0.197. The van der Waals surface area contributed by atoms with Crippen molar-refractivity contribution in [2.45, 2.75) is 25.4 Å². The van der Waals surface area contributed by atoms with Gasteiger partial charge < -0.3 is 14.4 Å². The summed E-state index contributed by atoms with van der Waals surface area (Å²) in [4.78, 5) is 20.8. The fourth-order valence-electron chi connectivity index (χ4n) is 3.14. The minimum Gasteiger partial charge on any atom is -0.363 e. The first-order valence-corrected chi connectivity index (χ1v) is 8.40. The van der Waals surface area contributed by atoms with Gasteiger partial charge in [0.1, 0.15) is 11.6 Å². The van der Waals surface area contributed by atoms with Gasteiger partial charge in [0.15, 0.2) is 0 Å². The van der Waals surface area contributed by atoms with Gasteiger partial charge in [-0.25, -0.2) is 9.97 Å². The van der Waals surface area contributed by atoms with E-state index in [0.29, 0.717) is 11.7 Å². The molecule has 0 radical (unpaired) electrons. The van der Waals surface area contributed by atoms with Crippen LogP contribution in [0.25, 0.3) is 11.4 Å². The van der Waals surface area contributed by atoms with E-state index in [2.05, 4.69) is 30.0 Å². The highest BCUT2D eigenvalue weighted by atomic mass is 16.5. The highest BCUT2D eigenvalue weighted by molar-refractivity contribution is 5.55. The van der Waals surface area contributed by atoms with E-state index in [1.807, 2.05) is 37.3 Å². The summed E-state index contributed by atoms with van der Waals surface area (Å²) >= 11 is 0. The third-order valence-corrected chi connectivity index (χ3v) is 4.46. The van der Waals surface area contributed by atoms with Crippen molar-refractivity contribution in [1.82, 2.24) is 30.0 Å². The number of H-pyrrole nitrogens is 1. The average Bonchev–Trinajstić information content (AvgIpc) is 3.37. The second-order valence-corrected chi connectivity index (χ2v) is 6.42. The normalized spacial score (nSPS) is 17.9. The van der Waals surface area contributed by atoms with Crippen molar-refractivity contribution >= 4 is 5.82 Å². The molecule has 0 spiro atoms. The van der Waals surface area contributed by atoms with Crippen LogP contribution in [0.5, 0.6) is 0 Å². The SMILES string of the molecule is CN(C)c1ccc(-c2noc(C3CCCN3Cc3ncc[nH]3)n2)cn1. The molecule has 0 amide bonds. The topological polar surface area (TPSA) is 87.0 Å². The van der Waals surface area contributed by atoms with E-state index in [1.165, 1.54) is 0 Å². The number of nitrogens with zero attached hydrogens (tertiary/aromatic N) is 6. The number of likely N-dealkylation sites (tertiary alicyclic amines) is 1. The van der Waals surface area contributed by atoms with Crippen LogP contribution >= 0.6 is 0 Å². The second-order valence-electron chi connectivity index (χ2n) is 6.42. The third kappa shape index (κ3) is 3.25. The molecule has 25 heavy (non-hydrogen) atoms. The second kappa shape index (κ2) is 6.64. The smallest absolute Gasteiger partial charge is 0.244 e. The predicted octanol–water partition coefficient (Wildman–Crippen LogP) is 2.26. The molecule has 1 fully saturated rings. The lowest BCUT2D eigenvalue weighted by Crippen LogP contribution is -2.23. The lowest BCUT2D eigenvalue weighted by atomic mass is 10.2. The molecule has 1 aliphatic heterocycles. The van der Waals surface area contributed by atoms with Gasteiger partial charge in [-0.2, -0.15) is 4.98 Å². The van der Waals surface area contributed by atoms with Gasteiger partial charge in [-0.3, -0.25) is 4.90 Å². The summed E-state index contributed by atoms with van der Waals surface area (Å²) in [6.07, 6.45) is 7.52. The van der Waals surface area contributed by atoms with Crippen molar-refractivity contribution in [1.29, 1.82) is 0 Å². The lowest BCUT2D eigenvalue weighted by Gasteiger charge is -2.19. The maximum atomic E-state index is 5.56. The van der Waals surface area contributed by atoms with E-state index < -0.39 is 0 Å². The number of hydrogen-bond acceptors (Lipinski definition) is 7. The monoisotopic (exact) mass is 339 g/mol. The van der Waals surface area contributed by atoms with Crippen molar-refractivity contribution in [2.75, 3.05) is 25.5 Å². The highest BCUT2D eigenvalue weighted by Gasteiger charge is 2.31. The van der Waals surface area contributed by atoms with Crippen molar-refractivity contribution in [3.05, 3.63) is 42.4 Å². The van der Waals surface area contributed by atoms with Crippen LogP contribution in [0.3, 0.4) is 0 Å². The van der Waals surface area contributed by atoms with Gasteiger partial charge in [0.05, 0.1) is 12.6 Å². The van der Waals surface area contributed by atoms with Crippen LogP contribution in [0, 0.1) is 0 Å². The number of aromatic nitrogens is 5. The van der Waals surface area contributed by atoms with Crippen LogP contribution in [-0.2, 0) is 6.54 Å². The van der Waals surface area contributed by atoms with Gasteiger partial charge in [-0.1, -0.05) is 5.16 Å². The van der Waals surface area contributed by atoms with E-state index in [4.69, 9.17) is 4.52 Å². The Morgan fingerprint density at radius 3 is 2.96 bits per heavy atom. The van der Waals surface area contributed by atoms with Crippen LogP contribution < -0.4 is 4.90 Å². The first-order valence-electron chi connectivity index (χ1n) is 8.40. The molecule has 130 valence electrons. The molecule has 1 N–H and O–H groups in total. The predicted molar refractivity (Wildman–Crippen MR) is 92.8 cm³/mol. The Labute approximate surface area is 145 Å². The summed E-state index contributed by atoms with van der Waals surface area (Å²) in [5, 5.41) is 4.15. The summed E-state index contributed by atoms with van der Waals surface area (Å²) in [7, 11) is 3.92. The summed E-state index contributed by atoms with van der Waals surface area (Å²) in [6.45, 7) is 1.76. The van der Waals surface area contributed by atoms with E-state index in [0.717, 1.165) is 43.1 Å². The molecule has 8 nitrogen and oxygen atoms in total. The summed E-state index contributed by atoms with van der Waals surface area (Å²) in [5.74, 6) is 3.09. The maximum absolute atomic E-state index is 5.56. The first kappa shape index (κ1) is 15.8. The van der Waals surface area contributed by atoms with Gasteiger partial charge in [0.2, 0.25) is 11.7 Å². The van der Waals surface area contributed by atoms with Crippen LogP contribution in [-0.4, -0.2) is 50.6 Å². The molecule has 0 aromatic carbocycles. The molecule has 3 aromatic heterocycles. The number of anilines is 1. The first-order chi connectivity index (χ1) is 12.2. The molecule has 1 atom stereocenters. The van der Waals surface area contributed by atoms with Crippen LogP contribution in [0.4, 0.5) is 5.82 Å². The zero-order valence-electron chi connectivity index (χ0n) is 14.4. The van der Waals surface area contributed by atoms with Gasteiger partial charge in [-0.15, -0.1) is 0 Å². The van der Waals surface area contributed by atoms with Crippen molar-refractivity contribution in [3.63, 3.8) is 0 Å². The highest BCUT2D eigenvalue weighted by Crippen LogP contribution is 2.32. The standard InChI is InChI=1S/C17H21N7O/c1-23(2)15-6-5-12(10-20-15)16-21-17(25-22-16)13-4-3-9-24(13)11-14-18-7-8-19-14/h5-8,10,13H,3-4,9,11H2,1-2H3,(H,18,19). The van der Waals surface area contributed by atoms with E-state index in [9.17, 15) is 0 Å². The molecule has 4 rings (SSSR count). The van der Waals surface area contributed by atoms with Crippen LogP contribution in [0.15, 0.2) is 35.2 Å². The minimum absolute atomic E-state index is 0.139. The third-order valence-electron chi connectivity index (χ3n) is 4.46. The Morgan fingerprint density at radius 2 is 2.24 bits per heavy atom. The Morgan fingerprint density at radius 1 is 1.32 bits per heavy atom. The Hall–Kier alpha value is -2.74. The fourth-order valence-corrected chi connectivity index (χ4v) is 3.14. The molecule has 1 unspecified atom stereocenters. The molecule has 1 saturated heterocycles. The quantitative estimate of drug-likeness (QED) is 0.763. The maximum Gasteiger partial charge on any atom is 0.244 e. The number of aromatic amines is 1. The summed E-state index contributed by atoms with van der Waals surface area (Å²) in [5.41, 5.74) is 0.858. The molecule has 3 aromatic rings. The minimum atomic E-state index is 0.139. The van der Waals surface area contributed by atoms with E-state index >= 15 is 0 Å². The molecule has 0 aliphatic carbocycles. The van der Waals surface area contributed by atoms with Gasteiger partial charge in [0, 0.05) is 38.2 Å². The van der Waals surface area contributed by atoms with Crippen molar-refractivity contribution in [2.24, 2.45) is 0 Å². The number of pyridine rings is 1. The van der Waals surface area contributed by atoms with Crippen molar-refractivity contribution in [3.8, 4) is 11.4 Å². The zero-order chi connectivity index (χ0) is 17.2. The Bertz CT molecular complexity index is 810. The number of imidazole rings is 1. The Kier molecular flexibility index (Phi) is 4.19. The molecular formula is C17H21N7O. The van der Waals surface area contributed by atoms with Gasteiger partial charge >= 0.3 is 0 Å². The summed E-state index contributed by atoms with van der Waals surface area (Å²) < 4.78 is 5.56. The molecular weight excluding hydrogens is 318 g/mol. The number of rotatable bonds is 5. The zero-order valence-corrected chi connectivity index (χ0v) is 14.4. The van der Waals surface area contributed by atoms with E-state index in [1.54, 1.807) is 12.4 Å². The van der Waals surface area contributed by atoms with Crippen molar-refractivity contribution < 1.29 is 4.52 Å². The largest absolute Gasteiger partial charge is 0.363 e. The fraction of sp³-hybridized carbons (Fsp3) is 0.412. The number of nitrogens with one attached hydrogen (secondary N) is 1. The van der Waals surface area contributed by atoms with E-state index in [-0.39, 0.29) is 6.04 Å². The molecule has 8 heteroatoms. The molecule has 0 bridgehead atoms. The molecule has 0 saturated carbocycles. The van der Waals surface area contributed by atoms with Crippen LogP contribution in [0.1, 0.15) is 30.6 Å². The number of hydrogen-bond donors (Lipinski definition) is 1.